The Balaban J connectivity index is 5.08. The summed E-state index contributed by atoms with van der Waals surface area (Å²) in [4.78, 5) is 35.4. The first-order valence-corrected chi connectivity index (χ1v) is 6.07. The molecule has 0 heterocycles. The molecule has 0 bridgehead atoms. The largest absolute Gasteiger partial charge is 0.480 e. The zero-order valence-corrected chi connectivity index (χ0v) is 12.1. The van der Waals surface area contributed by atoms with Crippen LogP contribution in [-0.2, 0) is 9.59 Å². The Hall–Kier alpha value is -1.79. The van der Waals surface area contributed by atoms with Gasteiger partial charge in [0.05, 0.1) is 0 Å². The van der Waals surface area contributed by atoms with Crippen molar-refractivity contribution in [3.63, 3.8) is 0 Å². The van der Waals surface area contributed by atoms with Crippen LogP contribution in [0.3, 0.4) is 0 Å². The number of primary amides is 1. The van der Waals surface area contributed by atoms with Crippen LogP contribution in [-0.4, -0.2) is 46.5 Å². The molecule has 0 saturated carbocycles. The number of carboxylic acid groups (broad SMARTS) is 1. The Morgan fingerprint density at radius 1 is 1.32 bits per heavy atom. The minimum atomic E-state index is -1.36. The third kappa shape index (κ3) is 4.76. The van der Waals surface area contributed by atoms with Gasteiger partial charge in [0.1, 0.15) is 11.6 Å². The van der Waals surface area contributed by atoms with Crippen LogP contribution < -0.4 is 11.1 Å². The Morgan fingerprint density at radius 2 is 1.79 bits per heavy atom. The van der Waals surface area contributed by atoms with Crippen LogP contribution in [0.1, 0.15) is 34.1 Å². The highest BCUT2D eigenvalue weighted by atomic mass is 16.4. The Morgan fingerprint density at radius 3 is 2.11 bits per heavy atom. The average molecular weight is 273 g/mol. The van der Waals surface area contributed by atoms with Gasteiger partial charge in [-0.3, -0.25) is 4.79 Å². The second kappa shape index (κ2) is 6.40. The van der Waals surface area contributed by atoms with Crippen molar-refractivity contribution < 1.29 is 19.5 Å². The first kappa shape index (κ1) is 17.2. The number of urea groups is 1. The van der Waals surface area contributed by atoms with Crippen LogP contribution in [0.15, 0.2) is 0 Å². The normalized spacial score (nSPS) is 12.9. The number of hydrogen-bond donors (Lipinski definition) is 3. The van der Waals surface area contributed by atoms with E-state index in [0.29, 0.717) is 6.42 Å². The summed E-state index contributed by atoms with van der Waals surface area (Å²) in [6.45, 7) is 6.63. The van der Waals surface area contributed by atoms with E-state index in [1.54, 1.807) is 0 Å². The summed E-state index contributed by atoms with van der Waals surface area (Å²) in [5, 5.41) is 11.5. The van der Waals surface area contributed by atoms with E-state index in [1.165, 1.54) is 20.9 Å². The number of carbonyl (C=O) groups is 3. The fourth-order valence-electron chi connectivity index (χ4n) is 1.52. The number of likely N-dealkylation sites (N-methyl/N-ethyl adjacent to an activating group) is 1. The van der Waals surface area contributed by atoms with E-state index in [1.807, 2.05) is 13.8 Å². The fourth-order valence-corrected chi connectivity index (χ4v) is 1.52. The fraction of sp³-hybridized carbons (Fsp3) is 0.750. The van der Waals surface area contributed by atoms with E-state index in [9.17, 15) is 14.4 Å². The molecule has 0 spiro atoms. The Bertz CT molecular complexity index is 366. The van der Waals surface area contributed by atoms with Crippen LogP contribution in [0.25, 0.3) is 0 Å². The van der Waals surface area contributed by atoms with Crippen LogP contribution in [0, 0.1) is 5.92 Å². The third-order valence-corrected chi connectivity index (χ3v) is 3.01. The van der Waals surface area contributed by atoms with Crippen molar-refractivity contribution in [3.8, 4) is 0 Å². The molecule has 0 aliphatic rings. The molecule has 0 saturated heterocycles. The van der Waals surface area contributed by atoms with Crippen molar-refractivity contribution in [1.29, 1.82) is 0 Å². The maximum absolute atomic E-state index is 12.3. The molecule has 1 atom stereocenters. The van der Waals surface area contributed by atoms with Gasteiger partial charge in [0.15, 0.2) is 0 Å². The SMILES string of the molecule is CC(C)CC(NC(N)=O)C(=O)N(C)C(C)(C)C(=O)O. The van der Waals surface area contributed by atoms with Crippen molar-refractivity contribution in [1.82, 2.24) is 10.2 Å². The molecule has 110 valence electrons. The number of nitrogens with zero attached hydrogens (tertiary/aromatic N) is 1. The molecule has 0 aromatic rings. The number of nitrogens with one attached hydrogen (secondary N) is 1. The topological polar surface area (TPSA) is 113 Å². The monoisotopic (exact) mass is 273 g/mol. The summed E-state index contributed by atoms with van der Waals surface area (Å²) in [5.74, 6) is -1.44. The lowest BCUT2D eigenvalue weighted by Gasteiger charge is -2.34. The van der Waals surface area contributed by atoms with E-state index < -0.39 is 29.5 Å². The lowest BCUT2D eigenvalue weighted by molar-refractivity contribution is -0.156. The standard InChI is InChI=1S/C12H23N3O4/c1-7(2)6-8(14-11(13)19)9(16)15(5)12(3,4)10(17)18/h7-8H,6H2,1-5H3,(H,17,18)(H3,13,14,19). The number of rotatable bonds is 6. The summed E-state index contributed by atoms with van der Waals surface area (Å²) in [6.07, 6.45) is 0.391. The van der Waals surface area contributed by atoms with Gasteiger partial charge >= 0.3 is 12.0 Å². The first-order valence-electron chi connectivity index (χ1n) is 6.07. The highest BCUT2D eigenvalue weighted by Gasteiger charge is 2.38. The number of carbonyl (C=O) groups excluding carboxylic acids is 2. The van der Waals surface area contributed by atoms with Gasteiger partial charge in [0.2, 0.25) is 5.91 Å². The second-order valence-corrected chi connectivity index (χ2v) is 5.45. The molecule has 0 aromatic carbocycles. The van der Waals surface area contributed by atoms with E-state index in [4.69, 9.17) is 10.8 Å². The maximum Gasteiger partial charge on any atom is 0.329 e. The quantitative estimate of drug-likeness (QED) is 0.649. The predicted molar refractivity (Wildman–Crippen MR) is 70.4 cm³/mol. The molecule has 7 heteroatoms. The number of hydrogen-bond acceptors (Lipinski definition) is 3. The van der Waals surface area contributed by atoms with Gasteiger partial charge in [0, 0.05) is 7.05 Å². The zero-order chi connectivity index (χ0) is 15.4. The number of nitrogens with two attached hydrogens (primary N) is 1. The van der Waals surface area contributed by atoms with Gasteiger partial charge in [-0.15, -0.1) is 0 Å². The van der Waals surface area contributed by atoms with Crippen molar-refractivity contribution in [2.75, 3.05) is 7.05 Å². The minimum absolute atomic E-state index is 0.155. The van der Waals surface area contributed by atoms with Gasteiger partial charge in [-0.25, -0.2) is 9.59 Å². The smallest absolute Gasteiger partial charge is 0.329 e. The summed E-state index contributed by atoms with van der Waals surface area (Å²) in [6, 6.07) is -1.62. The number of amides is 3. The second-order valence-electron chi connectivity index (χ2n) is 5.45. The lowest BCUT2D eigenvalue weighted by Crippen LogP contribution is -2.57. The van der Waals surface area contributed by atoms with Crippen LogP contribution in [0.2, 0.25) is 0 Å². The van der Waals surface area contributed by atoms with Gasteiger partial charge < -0.3 is 21.1 Å². The lowest BCUT2D eigenvalue weighted by atomic mass is 9.98. The Labute approximate surface area is 113 Å². The first-order chi connectivity index (χ1) is 8.50. The van der Waals surface area contributed by atoms with E-state index in [2.05, 4.69) is 5.32 Å². The van der Waals surface area contributed by atoms with Gasteiger partial charge in [0.25, 0.3) is 0 Å². The summed E-state index contributed by atoms with van der Waals surface area (Å²) < 4.78 is 0. The summed E-state index contributed by atoms with van der Waals surface area (Å²) in [5.41, 5.74) is 3.68. The molecule has 7 nitrogen and oxygen atoms in total. The molecule has 0 aliphatic heterocycles. The summed E-state index contributed by atoms with van der Waals surface area (Å²) in [7, 11) is 1.40. The average Bonchev–Trinajstić information content (AvgIpc) is 2.24. The highest BCUT2D eigenvalue weighted by Crippen LogP contribution is 2.16. The highest BCUT2D eigenvalue weighted by molar-refractivity contribution is 5.91. The Kier molecular flexibility index (Phi) is 5.80. The summed E-state index contributed by atoms with van der Waals surface area (Å²) >= 11 is 0. The van der Waals surface area contributed by atoms with Crippen LogP contribution in [0.4, 0.5) is 4.79 Å². The van der Waals surface area contributed by atoms with Crippen LogP contribution >= 0.6 is 0 Å². The zero-order valence-electron chi connectivity index (χ0n) is 12.1. The van der Waals surface area contributed by atoms with Crippen molar-refractivity contribution in [3.05, 3.63) is 0 Å². The third-order valence-electron chi connectivity index (χ3n) is 3.01. The van der Waals surface area contributed by atoms with E-state index in [-0.39, 0.29) is 5.92 Å². The van der Waals surface area contributed by atoms with Crippen molar-refractivity contribution in [2.24, 2.45) is 11.7 Å². The predicted octanol–water partition coefficient (Wildman–Crippen LogP) is 0.391. The molecule has 0 radical (unpaired) electrons. The van der Waals surface area contributed by atoms with Gasteiger partial charge in [-0.1, -0.05) is 13.8 Å². The van der Waals surface area contributed by atoms with Gasteiger partial charge in [-0.05, 0) is 26.2 Å². The molecule has 1 unspecified atom stereocenters. The molecular weight excluding hydrogens is 250 g/mol. The maximum atomic E-state index is 12.3. The molecule has 3 amide bonds. The van der Waals surface area contributed by atoms with Gasteiger partial charge in [-0.2, -0.15) is 0 Å². The molecule has 19 heavy (non-hydrogen) atoms. The van der Waals surface area contributed by atoms with Crippen LogP contribution in [0.5, 0.6) is 0 Å². The molecule has 0 aliphatic carbocycles. The molecule has 0 rings (SSSR count). The van der Waals surface area contributed by atoms with Crippen molar-refractivity contribution >= 4 is 17.9 Å². The molecular formula is C12H23N3O4. The number of aliphatic carboxylic acids is 1. The van der Waals surface area contributed by atoms with E-state index >= 15 is 0 Å². The number of carboxylic acids is 1. The van der Waals surface area contributed by atoms with Crippen molar-refractivity contribution in [2.45, 2.75) is 45.7 Å². The molecule has 0 aromatic heterocycles. The van der Waals surface area contributed by atoms with E-state index in [0.717, 1.165) is 4.90 Å². The minimum Gasteiger partial charge on any atom is -0.480 e. The molecule has 4 N–H and O–H groups in total. The molecule has 0 fully saturated rings.